The summed E-state index contributed by atoms with van der Waals surface area (Å²) in [5, 5.41) is 3.87. The molecule has 1 saturated carbocycles. The summed E-state index contributed by atoms with van der Waals surface area (Å²) in [7, 11) is 0. The zero-order valence-electron chi connectivity index (χ0n) is 13.2. The van der Waals surface area contributed by atoms with Crippen molar-refractivity contribution in [3.05, 3.63) is 46.6 Å². The number of alkyl halides is 3. The molecule has 6 heteroatoms. The van der Waals surface area contributed by atoms with Crippen LogP contribution in [-0.4, -0.2) is 10.1 Å². The van der Waals surface area contributed by atoms with Gasteiger partial charge in [0.05, 0.1) is 22.3 Å². The first-order valence-electron chi connectivity index (χ1n) is 7.80. The molecule has 0 radical (unpaired) electrons. The van der Waals surface area contributed by atoms with E-state index in [1.54, 1.807) is 6.07 Å². The normalized spacial score (nSPS) is 15.2. The summed E-state index contributed by atoms with van der Waals surface area (Å²) in [6, 6.07) is 6.59. The van der Waals surface area contributed by atoms with Gasteiger partial charge in [-0.1, -0.05) is 17.3 Å². The van der Waals surface area contributed by atoms with Crippen LogP contribution in [0.4, 0.5) is 13.2 Å². The molecular formula is C18H15F3N2O. The van der Waals surface area contributed by atoms with Crippen molar-refractivity contribution in [1.29, 1.82) is 0 Å². The van der Waals surface area contributed by atoms with E-state index in [1.165, 1.54) is 0 Å². The van der Waals surface area contributed by atoms with Crippen LogP contribution in [0.1, 0.15) is 41.1 Å². The zero-order valence-corrected chi connectivity index (χ0v) is 13.2. The van der Waals surface area contributed by atoms with Gasteiger partial charge in [0, 0.05) is 11.5 Å². The van der Waals surface area contributed by atoms with Gasteiger partial charge in [0.2, 0.25) is 0 Å². The van der Waals surface area contributed by atoms with Crippen molar-refractivity contribution >= 4 is 11.1 Å². The molecule has 2 heterocycles. The summed E-state index contributed by atoms with van der Waals surface area (Å²) in [4.78, 5) is 4.29. The minimum absolute atomic E-state index is 0.0117. The molecule has 1 aromatic carbocycles. The molecule has 124 valence electrons. The predicted octanol–water partition coefficient (Wildman–Crippen LogP) is 5.40. The molecule has 0 bridgehead atoms. The molecule has 1 fully saturated rings. The number of fused-ring (bicyclic) bond motifs is 1. The van der Waals surface area contributed by atoms with Crippen LogP contribution in [0.3, 0.4) is 0 Å². The first-order chi connectivity index (χ1) is 11.3. The van der Waals surface area contributed by atoms with Crippen LogP contribution in [0.5, 0.6) is 0 Å². The second kappa shape index (κ2) is 5.06. The maximum atomic E-state index is 13.6. The van der Waals surface area contributed by atoms with E-state index in [-0.39, 0.29) is 22.7 Å². The van der Waals surface area contributed by atoms with Gasteiger partial charge >= 0.3 is 6.18 Å². The standard InChI is InChI=1S/C18H15F3N2O/c1-9-3-4-12(7-10(9)2)14-8-13(18(19,20)21)15-16(11-5-6-11)23-24-17(15)22-14/h3-4,7-8,11H,5-6H2,1-2H3. The molecule has 0 atom stereocenters. The lowest BCUT2D eigenvalue weighted by atomic mass is 10.0. The minimum atomic E-state index is -4.48. The largest absolute Gasteiger partial charge is 0.417 e. The van der Waals surface area contributed by atoms with Crippen molar-refractivity contribution < 1.29 is 17.7 Å². The first-order valence-corrected chi connectivity index (χ1v) is 7.80. The molecule has 24 heavy (non-hydrogen) atoms. The summed E-state index contributed by atoms with van der Waals surface area (Å²) in [5.41, 5.74) is 2.58. The number of pyridine rings is 1. The van der Waals surface area contributed by atoms with Crippen molar-refractivity contribution in [2.45, 2.75) is 38.8 Å². The van der Waals surface area contributed by atoms with Crippen molar-refractivity contribution in [2.75, 3.05) is 0 Å². The molecule has 0 unspecified atom stereocenters. The van der Waals surface area contributed by atoms with Gasteiger partial charge < -0.3 is 4.52 Å². The first kappa shape index (κ1) is 15.2. The molecule has 0 amide bonds. The molecule has 0 saturated heterocycles. The molecule has 1 aliphatic carbocycles. The van der Waals surface area contributed by atoms with Crippen molar-refractivity contribution in [3.8, 4) is 11.3 Å². The third kappa shape index (κ3) is 2.46. The number of halogens is 3. The molecule has 0 spiro atoms. The Morgan fingerprint density at radius 1 is 1.08 bits per heavy atom. The van der Waals surface area contributed by atoms with Gasteiger partial charge in [-0.15, -0.1) is 0 Å². The van der Waals surface area contributed by atoms with Crippen LogP contribution in [0.2, 0.25) is 0 Å². The van der Waals surface area contributed by atoms with Crippen LogP contribution >= 0.6 is 0 Å². The minimum Gasteiger partial charge on any atom is -0.335 e. The van der Waals surface area contributed by atoms with E-state index in [9.17, 15) is 13.2 Å². The smallest absolute Gasteiger partial charge is 0.335 e. The average Bonchev–Trinajstić information content (AvgIpc) is 3.27. The molecule has 1 aliphatic rings. The number of benzene rings is 1. The van der Waals surface area contributed by atoms with E-state index in [4.69, 9.17) is 4.52 Å². The van der Waals surface area contributed by atoms with Gasteiger partial charge in [0.15, 0.2) is 0 Å². The van der Waals surface area contributed by atoms with Crippen molar-refractivity contribution in [3.63, 3.8) is 0 Å². The zero-order chi connectivity index (χ0) is 17.1. The SMILES string of the molecule is Cc1ccc(-c2cc(C(F)(F)F)c3c(C4CC4)noc3n2)cc1C. The molecule has 3 aromatic rings. The second-order valence-corrected chi connectivity index (χ2v) is 6.37. The molecule has 0 aliphatic heterocycles. The number of hydrogen-bond acceptors (Lipinski definition) is 3. The number of rotatable bonds is 2. The Morgan fingerprint density at radius 2 is 1.83 bits per heavy atom. The van der Waals surface area contributed by atoms with Gasteiger partial charge in [-0.05, 0) is 49.9 Å². The van der Waals surface area contributed by atoms with E-state index in [2.05, 4.69) is 10.1 Å². The Kier molecular flexibility index (Phi) is 3.20. The number of nitrogens with zero attached hydrogens (tertiary/aromatic N) is 2. The fraction of sp³-hybridized carbons (Fsp3) is 0.333. The molecule has 4 rings (SSSR count). The maximum Gasteiger partial charge on any atom is 0.417 e. The third-order valence-electron chi connectivity index (χ3n) is 4.54. The van der Waals surface area contributed by atoms with E-state index < -0.39 is 11.7 Å². The predicted molar refractivity (Wildman–Crippen MR) is 83.7 cm³/mol. The third-order valence-corrected chi connectivity index (χ3v) is 4.54. The lowest BCUT2D eigenvalue weighted by Gasteiger charge is -2.11. The second-order valence-electron chi connectivity index (χ2n) is 6.37. The average molecular weight is 332 g/mol. The highest BCUT2D eigenvalue weighted by Crippen LogP contribution is 2.46. The summed E-state index contributed by atoms with van der Waals surface area (Å²) in [5.74, 6) is 0.0571. The molecule has 2 aromatic heterocycles. The number of hydrogen-bond donors (Lipinski definition) is 0. The Labute approximate surface area is 136 Å². The van der Waals surface area contributed by atoms with Gasteiger partial charge in [0.1, 0.15) is 0 Å². The van der Waals surface area contributed by atoms with Crippen LogP contribution in [0, 0.1) is 13.8 Å². The van der Waals surface area contributed by atoms with Crippen molar-refractivity contribution in [2.24, 2.45) is 0 Å². The summed E-state index contributed by atoms with van der Waals surface area (Å²) in [6.45, 7) is 3.87. The highest BCUT2D eigenvalue weighted by molar-refractivity contribution is 5.84. The summed E-state index contributed by atoms with van der Waals surface area (Å²) < 4.78 is 45.9. The van der Waals surface area contributed by atoms with Crippen LogP contribution < -0.4 is 0 Å². The van der Waals surface area contributed by atoms with Crippen LogP contribution in [0.25, 0.3) is 22.4 Å². The van der Waals surface area contributed by atoms with E-state index in [0.29, 0.717) is 11.3 Å². The van der Waals surface area contributed by atoms with Gasteiger partial charge in [-0.2, -0.15) is 13.2 Å². The lowest BCUT2D eigenvalue weighted by molar-refractivity contribution is -0.136. The van der Waals surface area contributed by atoms with E-state index in [1.807, 2.05) is 26.0 Å². The van der Waals surface area contributed by atoms with E-state index >= 15 is 0 Å². The van der Waals surface area contributed by atoms with Crippen LogP contribution in [-0.2, 0) is 6.18 Å². The highest BCUT2D eigenvalue weighted by atomic mass is 19.4. The number of aryl methyl sites for hydroxylation is 2. The topological polar surface area (TPSA) is 38.9 Å². The molecule has 3 nitrogen and oxygen atoms in total. The van der Waals surface area contributed by atoms with Gasteiger partial charge in [-0.3, -0.25) is 0 Å². The van der Waals surface area contributed by atoms with Gasteiger partial charge in [0.25, 0.3) is 5.71 Å². The Balaban J connectivity index is 1.96. The van der Waals surface area contributed by atoms with Gasteiger partial charge in [-0.25, -0.2) is 4.98 Å². The fourth-order valence-corrected chi connectivity index (χ4v) is 2.88. The number of aromatic nitrogens is 2. The molecular weight excluding hydrogens is 317 g/mol. The molecule has 0 N–H and O–H groups in total. The quantitative estimate of drug-likeness (QED) is 0.630. The Hall–Kier alpha value is -2.37. The summed E-state index contributed by atoms with van der Waals surface area (Å²) >= 11 is 0. The highest BCUT2D eigenvalue weighted by Gasteiger charge is 2.39. The van der Waals surface area contributed by atoms with Crippen LogP contribution in [0.15, 0.2) is 28.8 Å². The maximum absolute atomic E-state index is 13.6. The fourth-order valence-electron chi connectivity index (χ4n) is 2.88. The Morgan fingerprint density at radius 3 is 2.46 bits per heavy atom. The van der Waals surface area contributed by atoms with E-state index in [0.717, 1.165) is 30.0 Å². The van der Waals surface area contributed by atoms with Crippen molar-refractivity contribution in [1.82, 2.24) is 10.1 Å². The summed E-state index contributed by atoms with van der Waals surface area (Å²) in [6.07, 6.45) is -2.79. The monoisotopic (exact) mass is 332 g/mol. The lowest BCUT2D eigenvalue weighted by Crippen LogP contribution is -2.07. The Bertz CT molecular complexity index is 939.